The number of aliphatic hydroxyl groups is 1. The minimum absolute atomic E-state index is 0.0847. The van der Waals surface area contributed by atoms with Gasteiger partial charge in [-0.2, -0.15) is 4.98 Å². The molecule has 2 aromatic heterocycles. The molecule has 52 heavy (non-hydrogen) atoms. The fourth-order valence-electron chi connectivity index (χ4n) is 6.52. The topological polar surface area (TPSA) is 159 Å². The van der Waals surface area contributed by atoms with Crippen LogP contribution in [0.2, 0.25) is 0 Å². The lowest BCUT2D eigenvalue weighted by molar-refractivity contribution is -0.128. The van der Waals surface area contributed by atoms with Gasteiger partial charge < -0.3 is 25.8 Å². The molecule has 5 atom stereocenters. The first-order valence-corrected chi connectivity index (χ1v) is 17.9. The van der Waals surface area contributed by atoms with Crippen molar-refractivity contribution in [3.8, 4) is 5.88 Å². The fraction of sp³-hybridized carbons (Fsp3) is 0.450. The molecule has 4 aromatic rings. The molecule has 0 unspecified atom stereocenters. The number of likely N-dealkylation sites (tertiary alicyclic amines) is 1. The molecule has 2 aromatic carbocycles. The molecular weight excluding hydrogens is 658 g/mol. The summed E-state index contributed by atoms with van der Waals surface area (Å²) in [7, 11) is 0. The van der Waals surface area contributed by atoms with Gasteiger partial charge >= 0.3 is 0 Å². The molecule has 12 nitrogen and oxygen atoms in total. The number of benzene rings is 2. The summed E-state index contributed by atoms with van der Waals surface area (Å²) in [6.45, 7) is 13.6. The van der Waals surface area contributed by atoms with Crippen LogP contribution in [0.25, 0.3) is 10.9 Å². The molecule has 0 aliphatic carbocycles. The highest BCUT2D eigenvalue weighted by molar-refractivity contribution is 5.98. The minimum Gasteiger partial charge on any atom is -0.473 e. The molecule has 3 amide bonds. The van der Waals surface area contributed by atoms with Gasteiger partial charge in [0, 0.05) is 42.2 Å². The molecule has 12 heteroatoms. The van der Waals surface area contributed by atoms with Gasteiger partial charge in [0.05, 0.1) is 23.7 Å². The van der Waals surface area contributed by atoms with E-state index in [4.69, 9.17) is 4.74 Å². The molecule has 1 saturated heterocycles. The average molecular weight is 710 g/mol. The fourth-order valence-corrected chi connectivity index (χ4v) is 6.52. The van der Waals surface area contributed by atoms with E-state index in [2.05, 4.69) is 30.9 Å². The van der Waals surface area contributed by atoms with Crippen molar-refractivity contribution in [3.63, 3.8) is 0 Å². The molecule has 3 heterocycles. The zero-order valence-corrected chi connectivity index (χ0v) is 31.1. The number of aliphatic hydroxyl groups excluding tert-OH is 1. The Morgan fingerprint density at radius 2 is 1.65 bits per heavy atom. The number of carbonyl (C=O) groups is 3. The van der Waals surface area contributed by atoms with Gasteiger partial charge in [0.2, 0.25) is 17.7 Å². The number of amides is 3. The second-order valence-corrected chi connectivity index (χ2v) is 15.0. The summed E-state index contributed by atoms with van der Waals surface area (Å²) in [5.41, 5.74) is 2.10. The predicted molar refractivity (Wildman–Crippen MR) is 200 cm³/mol. The van der Waals surface area contributed by atoms with E-state index < -0.39 is 41.6 Å². The summed E-state index contributed by atoms with van der Waals surface area (Å²) < 4.78 is 6.27. The van der Waals surface area contributed by atoms with Crippen LogP contribution in [0.5, 0.6) is 5.88 Å². The number of β-amino-alcohol motifs (C(OH)–C–C–N with tert-alkyl or cyclic N) is 1. The first-order chi connectivity index (χ1) is 24.6. The second-order valence-electron chi connectivity index (χ2n) is 15.0. The molecule has 1 aliphatic heterocycles. The van der Waals surface area contributed by atoms with E-state index in [1.165, 1.54) is 0 Å². The van der Waals surface area contributed by atoms with Crippen LogP contribution in [-0.4, -0.2) is 91.6 Å². The smallest absolute Gasteiger partial charge is 0.270 e. The number of pyridine rings is 1. The Morgan fingerprint density at radius 3 is 2.35 bits per heavy atom. The lowest BCUT2D eigenvalue weighted by Gasteiger charge is -2.33. The molecule has 0 radical (unpaired) electrons. The van der Waals surface area contributed by atoms with Crippen LogP contribution in [0.3, 0.4) is 0 Å². The Hall–Kier alpha value is -4.94. The SMILES string of the molecule is Cc1cc(O[C@@H]2C[C@@H](C(=O)NC(C)(C)C)N(C[C@@H](O)[C@H](Cc3ccccc3)NC(=O)[C@@H](NC(=O)c3ccc4ccccc4n3)C(C)C)C2)nc(C)n1. The van der Waals surface area contributed by atoms with Crippen molar-refractivity contribution in [2.75, 3.05) is 13.1 Å². The van der Waals surface area contributed by atoms with Gasteiger partial charge in [0.25, 0.3) is 5.91 Å². The molecule has 276 valence electrons. The van der Waals surface area contributed by atoms with Crippen molar-refractivity contribution in [3.05, 3.63) is 95.6 Å². The normalized spacial score (nSPS) is 18.1. The zero-order chi connectivity index (χ0) is 37.6. The van der Waals surface area contributed by atoms with E-state index in [-0.39, 0.29) is 30.2 Å². The number of nitrogens with zero attached hydrogens (tertiary/aromatic N) is 4. The van der Waals surface area contributed by atoms with E-state index in [9.17, 15) is 19.5 Å². The van der Waals surface area contributed by atoms with Crippen LogP contribution < -0.4 is 20.7 Å². The Kier molecular flexibility index (Phi) is 12.2. The number of fused-ring (bicyclic) bond motifs is 1. The van der Waals surface area contributed by atoms with E-state index >= 15 is 0 Å². The molecule has 1 aliphatic rings. The number of carbonyl (C=O) groups excluding carboxylic acids is 3. The minimum atomic E-state index is -1.08. The third-order valence-electron chi connectivity index (χ3n) is 8.97. The maximum atomic E-state index is 14.0. The van der Waals surface area contributed by atoms with Crippen molar-refractivity contribution in [2.24, 2.45) is 5.92 Å². The lowest BCUT2D eigenvalue weighted by Crippen LogP contribution is -2.57. The van der Waals surface area contributed by atoms with E-state index in [1.807, 2.05) is 107 Å². The first-order valence-electron chi connectivity index (χ1n) is 17.9. The van der Waals surface area contributed by atoms with Gasteiger partial charge in [0.15, 0.2) is 0 Å². The van der Waals surface area contributed by atoms with Crippen LogP contribution in [0, 0.1) is 19.8 Å². The van der Waals surface area contributed by atoms with Crippen molar-refractivity contribution >= 4 is 28.6 Å². The van der Waals surface area contributed by atoms with E-state index in [1.54, 1.807) is 19.1 Å². The van der Waals surface area contributed by atoms with Gasteiger partial charge in [-0.05, 0) is 64.7 Å². The van der Waals surface area contributed by atoms with E-state index in [0.717, 1.165) is 16.6 Å². The zero-order valence-electron chi connectivity index (χ0n) is 31.1. The highest BCUT2D eigenvalue weighted by Crippen LogP contribution is 2.25. The quantitative estimate of drug-likeness (QED) is 0.162. The number of ether oxygens (including phenoxy) is 1. The van der Waals surface area contributed by atoms with Gasteiger partial charge in [-0.25, -0.2) is 9.97 Å². The van der Waals surface area contributed by atoms with E-state index in [0.29, 0.717) is 36.6 Å². The maximum Gasteiger partial charge on any atom is 0.270 e. The van der Waals surface area contributed by atoms with Crippen molar-refractivity contribution < 1.29 is 24.2 Å². The average Bonchev–Trinajstić information content (AvgIpc) is 3.47. The number of rotatable bonds is 13. The number of aromatic nitrogens is 3. The van der Waals surface area contributed by atoms with Crippen molar-refractivity contribution in [1.29, 1.82) is 0 Å². The highest BCUT2D eigenvalue weighted by Gasteiger charge is 2.41. The van der Waals surface area contributed by atoms with Crippen LogP contribution in [0.4, 0.5) is 0 Å². The summed E-state index contributed by atoms with van der Waals surface area (Å²) in [4.78, 5) is 56.1. The Balaban J connectivity index is 1.35. The summed E-state index contributed by atoms with van der Waals surface area (Å²) in [6.07, 6.45) is -0.744. The number of para-hydroxylation sites is 1. The molecule has 0 spiro atoms. The molecule has 1 fully saturated rings. The summed E-state index contributed by atoms with van der Waals surface area (Å²) in [5, 5.41) is 21.8. The largest absolute Gasteiger partial charge is 0.473 e. The number of hydrogen-bond donors (Lipinski definition) is 4. The third-order valence-corrected chi connectivity index (χ3v) is 8.97. The maximum absolute atomic E-state index is 14.0. The van der Waals surface area contributed by atoms with Gasteiger partial charge in [0.1, 0.15) is 23.7 Å². The number of hydrogen-bond acceptors (Lipinski definition) is 9. The number of aryl methyl sites for hydroxylation is 2. The van der Waals surface area contributed by atoms with Gasteiger partial charge in [-0.3, -0.25) is 19.3 Å². The molecule has 0 saturated carbocycles. The third kappa shape index (κ3) is 10.3. The van der Waals surface area contributed by atoms with Crippen molar-refractivity contribution in [2.45, 2.75) is 97.2 Å². The molecular formula is C40H51N7O5. The lowest BCUT2D eigenvalue weighted by atomic mass is 9.98. The number of nitrogens with one attached hydrogen (secondary N) is 3. The standard InChI is InChI=1S/C40H51N7O5/c1-24(2)36(45-37(49)31-18-17-28-15-11-12-16-30(28)43-31)39(51)44-32(20-27-13-9-8-10-14-27)34(48)23-47-22-29(21-33(47)38(50)46-40(5,6)7)52-35-19-25(3)41-26(4)42-35/h8-19,24,29,32-34,36,48H,20-23H2,1-7H3,(H,44,51)(H,45,49)(H,46,50)/t29-,32+,33+,34-,36+/m1/s1. The molecule has 4 N–H and O–H groups in total. The highest BCUT2D eigenvalue weighted by atomic mass is 16.5. The summed E-state index contributed by atoms with van der Waals surface area (Å²) in [5.74, 6) is -0.314. The predicted octanol–water partition coefficient (Wildman–Crippen LogP) is 3.92. The Bertz CT molecular complexity index is 1840. The molecule has 0 bridgehead atoms. The Morgan fingerprint density at radius 1 is 0.942 bits per heavy atom. The van der Waals surface area contributed by atoms with Crippen LogP contribution >= 0.6 is 0 Å². The monoisotopic (exact) mass is 709 g/mol. The summed E-state index contributed by atoms with van der Waals surface area (Å²) >= 11 is 0. The Labute approximate surface area is 305 Å². The first kappa shape index (κ1) is 38.3. The summed E-state index contributed by atoms with van der Waals surface area (Å²) in [6, 6.07) is 20.1. The van der Waals surface area contributed by atoms with Gasteiger partial charge in [-0.1, -0.05) is 68.4 Å². The van der Waals surface area contributed by atoms with Gasteiger partial charge in [-0.15, -0.1) is 0 Å². The van der Waals surface area contributed by atoms with Crippen molar-refractivity contribution in [1.82, 2.24) is 35.8 Å². The van der Waals surface area contributed by atoms with Crippen LogP contribution in [0.15, 0.2) is 72.8 Å². The van der Waals surface area contributed by atoms with Crippen LogP contribution in [-0.2, 0) is 16.0 Å². The van der Waals surface area contributed by atoms with Crippen LogP contribution in [0.1, 0.15) is 68.6 Å². The second kappa shape index (κ2) is 16.6. The molecule has 5 rings (SSSR count).